The molecule has 0 unspecified atom stereocenters. The Morgan fingerprint density at radius 3 is 2.75 bits per heavy atom. The molecule has 3 N–H and O–H groups in total. The van der Waals surface area contributed by atoms with Crippen molar-refractivity contribution in [1.29, 1.82) is 0 Å². The average Bonchev–Trinajstić information content (AvgIpc) is 2.42. The molecule has 0 fully saturated rings. The number of nitro groups is 1. The summed E-state index contributed by atoms with van der Waals surface area (Å²) in [4.78, 5) is 19.3. The number of hydrogen-bond donors (Lipinski definition) is 2. The molecule has 8 heteroatoms. The molecule has 0 saturated heterocycles. The number of nitrogens with zero attached hydrogens (tertiary/aromatic N) is 3. The quantitative estimate of drug-likeness (QED) is 0.385. The van der Waals surface area contributed by atoms with Gasteiger partial charge in [0.1, 0.15) is 6.33 Å². The Morgan fingerprint density at radius 1 is 1.35 bits per heavy atom. The lowest BCUT2D eigenvalue weighted by Crippen LogP contribution is -2.12. The Balaban J connectivity index is 2.48. The lowest BCUT2D eigenvalue weighted by molar-refractivity contribution is -0.387. The zero-order valence-corrected chi connectivity index (χ0v) is 11.8. The molecule has 104 valence electrons. The molecular formula is C12H13N5O2S. The molecule has 1 aromatic heterocycles. The topological polar surface area (TPSA) is 107 Å². The highest BCUT2D eigenvalue weighted by atomic mass is 32.2. The second-order valence-corrected chi connectivity index (χ2v) is 5.18. The van der Waals surface area contributed by atoms with Crippen molar-refractivity contribution in [3.63, 3.8) is 0 Å². The van der Waals surface area contributed by atoms with E-state index in [0.717, 1.165) is 16.0 Å². The minimum Gasteiger partial charge on any atom is -0.303 e. The number of hydrazine groups is 1. The normalized spacial score (nSPS) is 10.3. The number of aryl methyl sites for hydroxylation is 2. The summed E-state index contributed by atoms with van der Waals surface area (Å²) in [6, 6.07) is 5.91. The SMILES string of the molecule is Cc1ccc(C)c(Sc2ncnc(NN)c2[N+](=O)[O-])c1. The Bertz CT molecular complexity index is 662. The summed E-state index contributed by atoms with van der Waals surface area (Å²) in [7, 11) is 0. The standard InChI is InChI=1S/C12H13N5O2S/c1-7-3-4-8(2)9(5-7)20-12-10(17(18)19)11(16-13)14-6-15-12/h3-6H,13H2,1-2H3,(H,14,15,16). The van der Waals surface area contributed by atoms with Crippen LogP contribution in [0.15, 0.2) is 34.4 Å². The summed E-state index contributed by atoms with van der Waals surface area (Å²) in [6.07, 6.45) is 1.25. The van der Waals surface area contributed by atoms with Crippen molar-refractivity contribution in [2.75, 3.05) is 5.43 Å². The van der Waals surface area contributed by atoms with Crippen LogP contribution in [0.25, 0.3) is 0 Å². The Kier molecular flexibility index (Phi) is 4.16. The largest absolute Gasteiger partial charge is 0.344 e. The fourth-order valence-electron chi connectivity index (χ4n) is 1.63. The van der Waals surface area contributed by atoms with E-state index in [-0.39, 0.29) is 16.5 Å². The minimum atomic E-state index is -0.539. The molecule has 0 aliphatic rings. The van der Waals surface area contributed by atoms with Crippen LogP contribution in [0.2, 0.25) is 0 Å². The first-order valence-electron chi connectivity index (χ1n) is 5.74. The monoisotopic (exact) mass is 291 g/mol. The average molecular weight is 291 g/mol. The van der Waals surface area contributed by atoms with Crippen LogP contribution in [0.1, 0.15) is 11.1 Å². The molecule has 1 heterocycles. The van der Waals surface area contributed by atoms with Gasteiger partial charge in [0.15, 0.2) is 5.03 Å². The second kappa shape index (κ2) is 5.85. The molecule has 0 bridgehead atoms. The van der Waals surface area contributed by atoms with E-state index in [2.05, 4.69) is 15.4 Å². The van der Waals surface area contributed by atoms with Gasteiger partial charge in [-0.25, -0.2) is 15.8 Å². The molecule has 2 aromatic rings. The zero-order valence-electron chi connectivity index (χ0n) is 11.0. The molecule has 0 aliphatic heterocycles. The molecule has 0 amide bonds. The van der Waals surface area contributed by atoms with Gasteiger partial charge in [0.25, 0.3) is 0 Å². The summed E-state index contributed by atoms with van der Waals surface area (Å²) in [6.45, 7) is 3.90. The molecule has 1 aromatic carbocycles. The highest BCUT2D eigenvalue weighted by molar-refractivity contribution is 7.99. The zero-order chi connectivity index (χ0) is 14.7. The number of hydrogen-bond acceptors (Lipinski definition) is 7. The Labute approximate surface area is 119 Å². The van der Waals surface area contributed by atoms with Gasteiger partial charge in [-0.1, -0.05) is 23.9 Å². The van der Waals surface area contributed by atoms with Gasteiger partial charge in [-0.3, -0.25) is 10.1 Å². The van der Waals surface area contributed by atoms with Gasteiger partial charge >= 0.3 is 5.69 Å². The molecule has 0 atom stereocenters. The molecule has 0 spiro atoms. The third-order valence-corrected chi connectivity index (χ3v) is 3.81. The number of rotatable bonds is 4. The molecule has 0 radical (unpaired) electrons. The number of nitrogens with one attached hydrogen (secondary N) is 1. The summed E-state index contributed by atoms with van der Waals surface area (Å²) >= 11 is 1.22. The third kappa shape index (κ3) is 2.86. The van der Waals surface area contributed by atoms with E-state index in [1.54, 1.807) is 0 Å². The lowest BCUT2D eigenvalue weighted by atomic mass is 10.2. The van der Waals surface area contributed by atoms with Gasteiger partial charge < -0.3 is 5.43 Å². The Hall–Kier alpha value is -2.19. The molecule has 20 heavy (non-hydrogen) atoms. The van der Waals surface area contributed by atoms with Gasteiger partial charge in [-0.05, 0) is 31.0 Å². The highest BCUT2D eigenvalue weighted by Gasteiger charge is 2.23. The van der Waals surface area contributed by atoms with Crippen molar-refractivity contribution >= 4 is 23.3 Å². The number of nitrogen functional groups attached to an aromatic ring is 1. The fraction of sp³-hybridized carbons (Fsp3) is 0.167. The molecule has 2 rings (SSSR count). The summed E-state index contributed by atoms with van der Waals surface area (Å²) < 4.78 is 0. The third-order valence-electron chi connectivity index (χ3n) is 2.66. The Morgan fingerprint density at radius 2 is 2.10 bits per heavy atom. The number of anilines is 1. The number of nitrogens with two attached hydrogens (primary N) is 1. The van der Waals surface area contributed by atoms with E-state index in [4.69, 9.17) is 5.84 Å². The van der Waals surface area contributed by atoms with E-state index in [1.807, 2.05) is 32.0 Å². The van der Waals surface area contributed by atoms with E-state index in [1.165, 1.54) is 18.1 Å². The van der Waals surface area contributed by atoms with Crippen LogP contribution < -0.4 is 11.3 Å². The minimum absolute atomic E-state index is 0.00203. The van der Waals surface area contributed by atoms with Crippen molar-refractivity contribution in [1.82, 2.24) is 9.97 Å². The maximum absolute atomic E-state index is 11.2. The summed E-state index contributed by atoms with van der Waals surface area (Å²) in [5.41, 5.74) is 4.10. The van der Waals surface area contributed by atoms with Crippen LogP contribution in [0.4, 0.5) is 11.5 Å². The van der Waals surface area contributed by atoms with Crippen LogP contribution in [-0.4, -0.2) is 14.9 Å². The van der Waals surface area contributed by atoms with Gasteiger partial charge in [0, 0.05) is 4.90 Å². The van der Waals surface area contributed by atoms with Crippen LogP contribution in [0.5, 0.6) is 0 Å². The maximum atomic E-state index is 11.2. The lowest BCUT2D eigenvalue weighted by Gasteiger charge is -2.08. The van der Waals surface area contributed by atoms with E-state index in [0.29, 0.717) is 0 Å². The van der Waals surface area contributed by atoms with Crippen LogP contribution >= 0.6 is 11.8 Å². The van der Waals surface area contributed by atoms with Crippen LogP contribution in [-0.2, 0) is 0 Å². The molecular weight excluding hydrogens is 278 g/mol. The summed E-state index contributed by atoms with van der Waals surface area (Å²) in [5, 5.41) is 11.4. The number of benzene rings is 1. The van der Waals surface area contributed by atoms with Crippen molar-refractivity contribution in [2.24, 2.45) is 5.84 Å². The first kappa shape index (κ1) is 14.2. The first-order valence-corrected chi connectivity index (χ1v) is 6.55. The van der Waals surface area contributed by atoms with E-state index >= 15 is 0 Å². The van der Waals surface area contributed by atoms with Gasteiger partial charge in [-0.15, -0.1) is 0 Å². The van der Waals surface area contributed by atoms with Gasteiger partial charge in [-0.2, -0.15) is 0 Å². The number of aromatic nitrogens is 2. The smallest absolute Gasteiger partial charge is 0.303 e. The highest BCUT2D eigenvalue weighted by Crippen LogP contribution is 2.37. The van der Waals surface area contributed by atoms with Crippen molar-refractivity contribution in [3.8, 4) is 0 Å². The molecule has 7 nitrogen and oxygen atoms in total. The molecule has 0 saturated carbocycles. The maximum Gasteiger partial charge on any atom is 0.344 e. The van der Waals surface area contributed by atoms with Crippen molar-refractivity contribution in [3.05, 3.63) is 45.8 Å². The van der Waals surface area contributed by atoms with Crippen LogP contribution in [0.3, 0.4) is 0 Å². The first-order chi connectivity index (χ1) is 9.52. The van der Waals surface area contributed by atoms with Crippen LogP contribution in [0, 0.1) is 24.0 Å². The van der Waals surface area contributed by atoms with E-state index < -0.39 is 4.92 Å². The van der Waals surface area contributed by atoms with E-state index in [9.17, 15) is 10.1 Å². The summed E-state index contributed by atoms with van der Waals surface area (Å²) in [5.74, 6) is 5.25. The van der Waals surface area contributed by atoms with Crippen molar-refractivity contribution in [2.45, 2.75) is 23.8 Å². The molecule has 0 aliphatic carbocycles. The predicted molar refractivity (Wildman–Crippen MR) is 76.5 cm³/mol. The fourth-order valence-corrected chi connectivity index (χ4v) is 2.68. The van der Waals surface area contributed by atoms with Gasteiger partial charge in [0.05, 0.1) is 4.92 Å². The predicted octanol–water partition coefficient (Wildman–Crippen LogP) is 2.44. The van der Waals surface area contributed by atoms with Crippen molar-refractivity contribution < 1.29 is 4.92 Å². The van der Waals surface area contributed by atoms with Gasteiger partial charge in [0.2, 0.25) is 5.82 Å². The second-order valence-electron chi connectivity index (χ2n) is 4.15.